The highest BCUT2D eigenvalue weighted by atomic mass is 79.9. The lowest BCUT2D eigenvalue weighted by Crippen LogP contribution is -2.05. The molecule has 1 nitrogen and oxygen atoms in total. The van der Waals surface area contributed by atoms with Crippen LogP contribution in [0.2, 0.25) is 0 Å². The van der Waals surface area contributed by atoms with Gasteiger partial charge in [-0.25, -0.2) is 4.39 Å². The van der Waals surface area contributed by atoms with Crippen molar-refractivity contribution in [1.29, 1.82) is 0 Å². The van der Waals surface area contributed by atoms with Gasteiger partial charge in [0.1, 0.15) is 11.6 Å². The number of carbonyl (C=O) groups excluding carboxylic acids is 1. The van der Waals surface area contributed by atoms with Crippen molar-refractivity contribution in [1.82, 2.24) is 0 Å². The third kappa shape index (κ3) is 4.27. The molecule has 20 heavy (non-hydrogen) atoms. The largest absolute Gasteiger partial charge is 0.299 e. The second kappa shape index (κ2) is 6.80. The van der Waals surface area contributed by atoms with Crippen LogP contribution in [0, 0.1) is 12.7 Å². The SMILES string of the molecule is Cc1cccc(CCC(=O)Cc2cc(F)ccc2Br)c1. The Labute approximate surface area is 127 Å². The van der Waals surface area contributed by atoms with Crippen LogP contribution in [-0.4, -0.2) is 5.78 Å². The van der Waals surface area contributed by atoms with E-state index in [2.05, 4.69) is 22.0 Å². The van der Waals surface area contributed by atoms with E-state index in [1.165, 1.54) is 17.7 Å². The van der Waals surface area contributed by atoms with E-state index < -0.39 is 0 Å². The molecule has 0 fully saturated rings. The van der Waals surface area contributed by atoms with Gasteiger partial charge >= 0.3 is 0 Å². The molecule has 0 aliphatic rings. The smallest absolute Gasteiger partial charge is 0.137 e. The topological polar surface area (TPSA) is 17.1 Å². The van der Waals surface area contributed by atoms with Gasteiger partial charge in [-0.15, -0.1) is 0 Å². The molecular formula is C17H16BrFO. The molecule has 2 rings (SSSR count). The maximum Gasteiger partial charge on any atom is 0.137 e. The molecule has 0 saturated carbocycles. The van der Waals surface area contributed by atoms with Crippen molar-refractivity contribution in [2.75, 3.05) is 0 Å². The van der Waals surface area contributed by atoms with Gasteiger partial charge in [0.25, 0.3) is 0 Å². The third-order valence-corrected chi connectivity index (χ3v) is 3.94. The monoisotopic (exact) mass is 334 g/mol. The van der Waals surface area contributed by atoms with E-state index in [0.29, 0.717) is 12.0 Å². The van der Waals surface area contributed by atoms with E-state index >= 15 is 0 Å². The van der Waals surface area contributed by atoms with Gasteiger partial charge in [0.15, 0.2) is 0 Å². The van der Waals surface area contributed by atoms with Crippen LogP contribution >= 0.6 is 15.9 Å². The number of hydrogen-bond donors (Lipinski definition) is 0. The van der Waals surface area contributed by atoms with Crippen LogP contribution in [0.3, 0.4) is 0 Å². The average Bonchev–Trinajstić information content (AvgIpc) is 2.41. The number of ketones is 1. The Morgan fingerprint density at radius 2 is 2.00 bits per heavy atom. The molecule has 2 aromatic carbocycles. The summed E-state index contributed by atoms with van der Waals surface area (Å²) < 4.78 is 13.9. The summed E-state index contributed by atoms with van der Waals surface area (Å²) in [6.45, 7) is 2.04. The molecular weight excluding hydrogens is 319 g/mol. The summed E-state index contributed by atoms with van der Waals surface area (Å²) in [5.74, 6) is -0.188. The fourth-order valence-corrected chi connectivity index (χ4v) is 2.52. The van der Waals surface area contributed by atoms with Crippen molar-refractivity contribution in [3.63, 3.8) is 0 Å². The zero-order valence-electron chi connectivity index (χ0n) is 11.3. The van der Waals surface area contributed by atoms with Crippen LogP contribution in [0.15, 0.2) is 46.9 Å². The number of hydrogen-bond acceptors (Lipinski definition) is 1. The highest BCUT2D eigenvalue weighted by Crippen LogP contribution is 2.19. The molecule has 0 atom stereocenters. The van der Waals surface area contributed by atoms with Crippen LogP contribution in [0.25, 0.3) is 0 Å². The highest BCUT2D eigenvalue weighted by Gasteiger charge is 2.08. The molecule has 0 radical (unpaired) electrons. The molecule has 0 spiro atoms. The Hall–Kier alpha value is -1.48. The quantitative estimate of drug-likeness (QED) is 0.778. The Morgan fingerprint density at radius 3 is 2.75 bits per heavy atom. The molecule has 0 aliphatic heterocycles. The van der Waals surface area contributed by atoms with E-state index in [4.69, 9.17) is 0 Å². The van der Waals surface area contributed by atoms with Crippen molar-refractivity contribution >= 4 is 21.7 Å². The van der Waals surface area contributed by atoms with Crippen molar-refractivity contribution in [3.05, 3.63) is 69.4 Å². The summed E-state index contributed by atoms with van der Waals surface area (Å²) in [6, 6.07) is 12.6. The molecule has 0 aliphatic carbocycles. The molecule has 0 N–H and O–H groups in total. The molecule has 0 amide bonds. The van der Waals surface area contributed by atoms with E-state index in [0.717, 1.165) is 16.5 Å². The molecule has 0 aromatic heterocycles. The number of Topliss-reactive ketones (excluding diaryl/α,β-unsaturated/α-hetero) is 1. The summed E-state index contributed by atoms with van der Waals surface area (Å²) in [6.07, 6.45) is 1.48. The fourth-order valence-electron chi connectivity index (χ4n) is 2.13. The van der Waals surface area contributed by atoms with Gasteiger partial charge in [0, 0.05) is 17.3 Å². The summed E-state index contributed by atoms with van der Waals surface area (Å²) in [5.41, 5.74) is 3.07. The zero-order chi connectivity index (χ0) is 14.5. The first-order valence-electron chi connectivity index (χ1n) is 6.56. The molecule has 3 heteroatoms. The first-order chi connectivity index (χ1) is 9.54. The van der Waals surface area contributed by atoms with Gasteiger partial charge in [0.2, 0.25) is 0 Å². The lowest BCUT2D eigenvalue weighted by Gasteiger charge is -2.05. The molecule has 0 saturated heterocycles. The van der Waals surface area contributed by atoms with Gasteiger partial charge < -0.3 is 0 Å². The highest BCUT2D eigenvalue weighted by molar-refractivity contribution is 9.10. The summed E-state index contributed by atoms with van der Waals surface area (Å²) in [7, 11) is 0. The average molecular weight is 335 g/mol. The predicted octanol–water partition coefficient (Wildman–Crippen LogP) is 4.64. The Morgan fingerprint density at radius 1 is 1.20 bits per heavy atom. The summed E-state index contributed by atoms with van der Waals surface area (Å²) in [5, 5.41) is 0. The van der Waals surface area contributed by atoms with E-state index in [-0.39, 0.29) is 18.0 Å². The van der Waals surface area contributed by atoms with Crippen LogP contribution in [0.1, 0.15) is 23.1 Å². The molecule has 0 bridgehead atoms. The van der Waals surface area contributed by atoms with Crippen LogP contribution < -0.4 is 0 Å². The first-order valence-corrected chi connectivity index (χ1v) is 7.35. The van der Waals surface area contributed by atoms with Crippen molar-refractivity contribution in [2.45, 2.75) is 26.2 Å². The number of benzene rings is 2. The number of aryl methyl sites for hydroxylation is 2. The molecule has 2 aromatic rings. The minimum Gasteiger partial charge on any atom is -0.299 e. The van der Waals surface area contributed by atoms with Gasteiger partial charge in [-0.3, -0.25) is 4.79 Å². The van der Waals surface area contributed by atoms with Gasteiger partial charge in [-0.1, -0.05) is 45.8 Å². The minimum atomic E-state index is -0.310. The lowest BCUT2D eigenvalue weighted by atomic mass is 10.0. The van der Waals surface area contributed by atoms with Crippen LogP contribution in [0.4, 0.5) is 4.39 Å². The summed E-state index contributed by atoms with van der Waals surface area (Å²) >= 11 is 3.35. The van der Waals surface area contributed by atoms with Crippen molar-refractivity contribution in [2.24, 2.45) is 0 Å². The van der Waals surface area contributed by atoms with Crippen molar-refractivity contribution < 1.29 is 9.18 Å². The van der Waals surface area contributed by atoms with Crippen LogP contribution in [-0.2, 0) is 17.6 Å². The first kappa shape index (κ1) is 14.9. The van der Waals surface area contributed by atoms with E-state index in [1.807, 2.05) is 25.1 Å². The predicted molar refractivity (Wildman–Crippen MR) is 82.3 cm³/mol. The number of rotatable bonds is 5. The summed E-state index contributed by atoms with van der Waals surface area (Å²) in [4.78, 5) is 12.0. The van der Waals surface area contributed by atoms with Gasteiger partial charge in [-0.2, -0.15) is 0 Å². The second-order valence-corrected chi connectivity index (χ2v) is 5.79. The van der Waals surface area contributed by atoms with Crippen molar-refractivity contribution in [3.8, 4) is 0 Å². The zero-order valence-corrected chi connectivity index (χ0v) is 12.9. The third-order valence-electron chi connectivity index (χ3n) is 3.17. The number of carbonyl (C=O) groups is 1. The maximum absolute atomic E-state index is 13.2. The fraction of sp³-hybridized carbons (Fsp3) is 0.235. The molecule has 0 heterocycles. The van der Waals surface area contributed by atoms with E-state index in [1.54, 1.807) is 6.07 Å². The maximum atomic E-state index is 13.2. The molecule has 0 unspecified atom stereocenters. The van der Waals surface area contributed by atoms with Crippen LogP contribution in [0.5, 0.6) is 0 Å². The standard InChI is InChI=1S/C17H16BrFO/c1-12-3-2-4-13(9-12)5-7-16(20)11-14-10-15(19)6-8-17(14)18/h2-4,6,8-10H,5,7,11H2,1H3. The number of halogens is 2. The lowest BCUT2D eigenvalue weighted by molar-refractivity contribution is -0.118. The van der Waals surface area contributed by atoms with E-state index in [9.17, 15) is 9.18 Å². The Bertz CT molecular complexity index is 622. The Balaban J connectivity index is 1.94. The van der Waals surface area contributed by atoms with Gasteiger partial charge in [-0.05, 0) is 42.7 Å². The minimum absolute atomic E-state index is 0.123. The Kier molecular flexibility index (Phi) is 5.07. The molecule has 104 valence electrons. The normalized spacial score (nSPS) is 10.6. The second-order valence-electron chi connectivity index (χ2n) is 4.94. The van der Waals surface area contributed by atoms with Gasteiger partial charge in [0.05, 0.1) is 0 Å².